The van der Waals surface area contributed by atoms with Gasteiger partial charge in [0.05, 0.1) is 21.9 Å². The van der Waals surface area contributed by atoms with E-state index >= 15 is 0 Å². The minimum Gasteiger partial charge on any atom is -0.320 e. The molecule has 3 rings (SSSR count). The molecule has 3 aromatic rings. The van der Waals surface area contributed by atoms with Crippen molar-refractivity contribution in [2.75, 3.05) is 5.32 Å². The summed E-state index contributed by atoms with van der Waals surface area (Å²) in [6.07, 6.45) is 1.79. The smallest absolute Gasteiger partial charge is 0.274 e. The van der Waals surface area contributed by atoms with Crippen LogP contribution in [-0.2, 0) is 0 Å². The summed E-state index contributed by atoms with van der Waals surface area (Å²) in [6, 6.07) is 8.38. The van der Waals surface area contributed by atoms with E-state index in [-0.39, 0.29) is 11.6 Å². The van der Waals surface area contributed by atoms with Crippen LogP contribution in [-0.4, -0.2) is 20.2 Å². The highest BCUT2D eigenvalue weighted by Gasteiger charge is 2.19. The van der Waals surface area contributed by atoms with Gasteiger partial charge >= 0.3 is 0 Å². The van der Waals surface area contributed by atoms with Crippen LogP contribution < -0.4 is 5.32 Å². The third-order valence-corrected chi connectivity index (χ3v) is 3.92. The number of nitro groups is 1. The molecule has 7 heteroatoms. The van der Waals surface area contributed by atoms with Crippen LogP contribution >= 0.6 is 0 Å². The lowest BCUT2D eigenvalue weighted by molar-refractivity contribution is -0.385. The van der Waals surface area contributed by atoms with Crippen LogP contribution in [0.2, 0.25) is 0 Å². The van der Waals surface area contributed by atoms with Crippen LogP contribution in [0.3, 0.4) is 0 Å². The number of carbonyl (C=O) groups excluding carboxylic acids is 1. The monoisotopic (exact) mass is 324 g/mol. The molecule has 7 nitrogen and oxygen atoms in total. The Kier molecular flexibility index (Phi) is 3.76. The number of carbonyl (C=O) groups is 1. The number of hydrogen-bond acceptors (Lipinski definition) is 4. The van der Waals surface area contributed by atoms with E-state index in [1.54, 1.807) is 36.6 Å². The van der Waals surface area contributed by atoms with E-state index in [0.29, 0.717) is 28.3 Å². The Morgan fingerprint density at radius 3 is 2.71 bits per heavy atom. The van der Waals surface area contributed by atoms with Crippen molar-refractivity contribution in [3.63, 3.8) is 0 Å². The number of pyridine rings is 1. The van der Waals surface area contributed by atoms with Gasteiger partial charge in [0, 0.05) is 12.3 Å². The lowest BCUT2D eigenvalue weighted by atomic mass is 10.1. The molecule has 2 aromatic heterocycles. The van der Waals surface area contributed by atoms with Crippen molar-refractivity contribution in [1.82, 2.24) is 9.38 Å². The van der Waals surface area contributed by atoms with E-state index in [1.165, 1.54) is 6.07 Å². The number of aromatic nitrogens is 2. The first kappa shape index (κ1) is 15.7. The zero-order chi connectivity index (χ0) is 17.4. The first-order valence-corrected chi connectivity index (χ1v) is 7.39. The molecule has 0 aliphatic rings. The molecule has 0 aliphatic heterocycles. The second-order valence-corrected chi connectivity index (χ2v) is 5.64. The Morgan fingerprint density at radius 1 is 1.25 bits per heavy atom. The number of anilines is 1. The number of imidazole rings is 1. The third kappa shape index (κ3) is 2.60. The van der Waals surface area contributed by atoms with E-state index in [0.717, 1.165) is 5.56 Å². The third-order valence-electron chi connectivity index (χ3n) is 3.92. The molecule has 1 N–H and O–H groups in total. The van der Waals surface area contributed by atoms with Crippen molar-refractivity contribution in [2.24, 2.45) is 0 Å². The molecular formula is C17H16N4O3. The van der Waals surface area contributed by atoms with Gasteiger partial charge < -0.3 is 5.32 Å². The van der Waals surface area contributed by atoms with Crippen LogP contribution in [0, 0.1) is 30.9 Å². The molecule has 0 unspecified atom stereocenters. The summed E-state index contributed by atoms with van der Waals surface area (Å²) in [6.45, 7) is 5.33. The maximum atomic E-state index is 12.7. The molecule has 24 heavy (non-hydrogen) atoms. The minimum absolute atomic E-state index is 0.0294. The fourth-order valence-electron chi connectivity index (χ4n) is 2.68. The Hall–Kier alpha value is -3.22. The zero-order valence-corrected chi connectivity index (χ0v) is 13.5. The first-order valence-electron chi connectivity index (χ1n) is 7.39. The average molecular weight is 324 g/mol. The Balaban J connectivity index is 2.01. The summed E-state index contributed by atoms with van der Waals surface area (Å²) in [4.78, 5) is 27.6. The maximum Gasteiger partial charge on any atom is 0.274 e. The largest absolute Gasteiger partial charge is 0.320 e. The molecule has 122 valence electrons. The first-order chi connectivity index (χ1) is 11.4. The van der Waals surface area contributed by atoms with Crippen molar-refractivity contribution >= 4 is 22.9 Å². The number of hydrogen-bond donors (Lipinski definition) is 1. The molecule has 0 saturated heterocycles. The molecule has 0 atom stereocenters. The fourth-order valence-corrected chi connectivity index (χ4v) is 2.68. The highest BCUT2D eigenvalue weighted by atomic mass is 16.6. The van der Waals surface area contributed by atoms with E-state index < -0.39 is 4.92 Å². The van der Waals surface area contributed by atoms with Gasteiger partial charge in [-0.25, -0.2) is 4.98 Å². The predicted octanol–water partition coefficient (Wildman–Crippen LogP) is 3.42. The highest BCUT2D eigenvalue weighted by Crippen LogP contribution is 2.26. The number of nitrogens with one attached hydrogen (secondary N) is 1. The van der Waals surface area contributed by atoms with Crippen LogP contribution in [0.1, 0.15) is 27.3 Å². The minimum atomic E-state index is -0.465. The van der Waals surface area contributed by atoms with Gasteiger partial charge in [0.25, 0.3) is 11.6 Å². The predicted molar refractivity (Wildman–Crippen MR) is 90.5 cm³/mol. The number of nitrogens with zero attached hydrogens (tertiary/aromatic N) is 3. The molecule has 0 radical (unpaired) electrons. The lowest BCUT2D eigenvalue weighted by Crippen LogP contribution is -2.16. The summed E-state index contributed by atoms with van der Waals surface area (Å²) in [5.74, 6) is -0.354. The molecular weight excluding hydrogens is 308 g/mol. The van der Waals surface area contributed by atoms with Gasteiger partial charge in [0.2, 0.25) is 0 Å². The summed E-state index contributed by atoms with van der Waals surface area (Å²) in [5, 5.41) is 13.8. The van der Waals surface area contributed by atoms with E-state index in [1.807, 2.05) is 19.1 Å². The molecule has 2 heterocycles. The zero-order valence-electron chi connectivity index (χ0n) is 13.5. The van der Waals surface area contributed by atoms with Crippen LogP contribution in [0.5, 0.6) is 0 Å². The van der Waals surface area contributed by atoms with Gasteiger partial charge in [-0.3, -0.25) is 19.3 Å². The quantitative estimate of drug-likeness (QED) is 0.590. The van der Waals surface area contributed by atoms with Crippen molar-refractivity contribution < 1.29 is 9.72 Å². The Morgan fingerprint density at radius 2 is 2.00 bits per heavy atom. The lowest BCUT2D eigenvalue weighted by Gasteiger charge is -2.09. The molecule has 1 aromatic carbocycles. The van der Waals surface area contributed by atoms with Crippen LogP contribution in [0.15, 0.2) is 36.5 Å². The molecule has 0 bridgehead atoms. The average Bonchev–Trinajstić information content (AvgIpc) is 2.83. The second kappa shape index (κ2) is 5.77. The molecule has 0 aliphatic carbocycles. The number of nitro benzene ring substituents is 1. The summed E-state index contributed by atoms with van der Waals surface area (Å²) >= 11 is 0. The summed E-state index contributed by atoms with van der Waals surface area (Å²) < 4.78 is 1.71. The molecule has 1 amide bonds. The standard InChI is InChI=1S/C17H16N4O3/c1-10-7-8-20-15(9-10)18-12(3)16(20)17(22)19-13-5-4-6-14(11(13)2)21(23)24/h4-9H,1-3H3,(H,19,22). The van der Waals surface area contributed by atoms with E-state index in [2.05, 4.69) is 10.3 Å². The van der Waals surface area contributed by atoms with Gasteiger partial charge in [-0.05, 0) is 44.5 Å². The summed E-state index contributed by atoms with van der Waals surface area (Å²) in [5.41, 5.74) is 3.55. The number of aryl methyl sites for hydroxylation is 2. The number of benzene rings is 1. The van der Waals surface area contributed by atoms with E-state index in [9.17, 15) is 14.9 Å². The molecule has 0 saturated carbocycles. The Labute approximate surface area is 138 Å². The SMILES string of the molecule is Cc1ccn2c(C(=O)Nc3cccc([N+](=O)[O-])c3C)c(C)nc2c1. The highest BCUT2D eigenvalue weighted by molar-refractivity contribution is 6.05. The van der Waals surface area contributed by atoms with Crippen LogP contribution in [0.4, 0.5) is 11.4 Å². The summed E-state index contributed by atoms with van der Waals surface area (Å²) in [7, 11) is 0. The van der Waals surface area contributed by atoms with Crippen molar-refractivity contribution in [3.05, 3.63) is 69.2 Å². The second-order valence-electron chi connectivity index (χ2n) is 5.64. The van der Waals surface area contributed by atoms with Crippen molar-refractivity contribution in [2.45, 2.75) is 20.8 Å². The van der Waals surface area contributed by atoms with Gasteiger partial charge in [-0.2, -0.15) is 0 Å². The van der Waals surface area contributed by atoms with Gasteiger partial charge in [0.15, 0.2) is 0 Å². The van der Waals surface area contributed by atoms with Crippen molar-refractivity contribution in [1.29, 1.82) is 0 Å². The normalized spacial score (nSPS) is 10.8. The maximum absolute atomic E-state index is 12.7. The van der Waals surface area contributed by atoms with Gasteiger partial charge in [-0.1, -0.05) is 6.07 Å². The van der Waals surface area contributed by atoms with Crippen molar-refractivity contribution in [3.8, 4) is 0 Å². The number of amides is 1. The number of fused-ring (bicyclic) bond motifs is 1. The molecule has 0 fully saturated rings. The van der Waals surface area contributed by atoms with Crippen LogP contribution in [0.25, 0.3) is 5.65 Å². The topological polar surface area (TPSA) is 89.5 Å². The Bertz CT molecular complexity index is 975. The fraction of sp³-hybridized carbons (Fsp3) is 0.176. The van der Waals surface area contributed by atoms with Gasteiger partial charge in [-0.15, -0.1) is 0 Å². The van der Waals surface area contributed by atoms with E-state index in [4.69, 9.17) is 0 Å². The molecule has 0 spiro atoms. The van der Waals surface area contributed by atoms with Gasteiger partial charge in [0.1, 0.15) is 11.3 Å². The number of rotatable bonds is 3.